The van der Waals surface area contributed by atoms with Crippen LogP contribution in [0.2, 0.25) is 0 Å². The van der Waals surface area contributed by atoms with E-state index in [-0.39, 0.29) is 0 Å². The van der Waals surface area contributed by atoms with Gasteiger partial charge in [0.1, 0.15) is 0 Å². The van der Waals surface area contributed by atoms with Crippen LogP contribution in [0.4, 0.5) is 11.4 Å². The molecule has 0 atom stereocenters. The number of benzene rings is 2. The maximum absolute atomic E-state index is 8.82. The first kappa shape index (κ1) is 11.0. The van der Waals surface area contributed by atoms with Crippen molar-refractivity contribution < 1.29 is 4.74 Å². The first-order valence-corrected chi connectivity index (χ1v) is 5.15. The lowest BCUT2D eigenvalue weighted by Crippen LogP contribution is -1.95. The van der Waals surface area contributed by atoms with Gasteiger partial charge in [-0.1, -0.05) is 30.3 Å². The Kier molecular flexibility index (Phi) is 2.93. The smallest absolute Gasteiger partial charge is 0.428 e. The number of hydrogen-bond donors (Lipinski definition) is 1. The van der Waals surface area contributed by atoms with E-state index < -0.39 is 0 Å². The molecule has 0 aliphatic carbocycles. The van der Waals surface area contributed by atoms with Crippen molar-refractivity contribution in [2.45, 2.75) is 0 Å². The molecule has 4 heteroatoms. The second-order valence-corrected chi connectivity index (χ2v) is 3.55. The van der Waals surface area contributed by atoms with Crippen LogP contribution in [0.25, 0.3) is 16.1 Å². The van der Waals surface area contributed by atoms with Crippen LogP contribution in [0.15, 0.2) is 42.5 Å². The molecular weight excluding hydrogens is 214 g/mol. The van der Waals surface area contributed by atoms with Crippen molar-refractivity contribution in [3.8, 4) is 16.9 Å². The third-order valence-corrected chi connectivity index (χ3v) is 2.57. The molecule has 0 aliphatic heterocycles. The Bertz CT molecular complexity index is 573. The van der Waals surface area contributed by atoms with Crippen molar-refractivity contribution in [3.63, 3.8) is 0 Å². The van der Waals surface area contributed by atoms with E-state index in [1.54, 1.807) is 6.07 Å². The molecule has 0 fully saturated rings. The van der Waals surface area contributed by atoms with Crippen molar-refractivity contribution in [3.05, 3.63) is 47.4 Å². The van der Waals surface area contributed by atoms with Crippen LogP contribution in [-0.4, -0.2) is 7.11 Å². The fourth-order valence-corrected chi connectivity index (χ4v) is 1.75. The van der Waals surface area contributed by atoms with Crippen LogP contribution in [-0.2, 0) is 0 Å². The summed E-state index contributed by atoms with van der Waals surface area (Å²) in [6.45, 7) is 0. The highest BCUT2D eigenvalue weighted by molar-refractivity contribution is 5.85. The molecule has 0 saturated heterocycles. The molecule has 0 saturated carbocycles. The summed E-state index contributed by atoms with van der Waals surface area (Å²) < 4.78 is 5.15. The number of methoxy groups -OCH3 is 1. The Morgan fingerprint density at radius 1 is 1.12 bits per heavy atom. The van der Waals surface area contributed by atoms with Gasteiger partial charge < -0.3 is 10.5 Å². The van der Waals surface area contributed by atoms with E-state index >= 15 is 0 Å². The van der Waals surface area contributed by atoms with E-state index in [0.29, 0.717) is 17.1 Å². The number of nitrogens with two attached hydrogens (primary N) is 1. The third-order valence-electron chi connectivity index (χ3n) is 2.57. The first-order valence-electron chi connectivity index (χ1n) is 5.15. The predicted octanol–water partition coefficient (Wildman–Crippen LogP) is 3.43. The molecule has 0 aromatic heterocycles. The van der Waals surface area contributed by atoms with E-state index in [4.69, 9.17) is 15.9 Å². The van der Waals surface area contributed by atoms with Gasteiger partial charge in [-0.2, -0.15) is 0 Å². The van der Waals surface area contributed by atoms with Crippen molar-refractivity contribution in [2.75, 3.05) is 12.8 Å². The molecule has 4 nitrogen and oxygen atoms in total. The minimum absolute atomic E-state index is 0.324. The van der Waals surface area contributed by atoms with Gasteiger partial charge in [0.25, 0.3) is 0 Å². The molecule has 2 N–H and O–H groups in total. The highest BCUT2D eigenvalue weighted by atomic mass is 16.5. The van der Waals surface area contributed by atoms with Gasteiger partial charge in [0.2, 0.25) is 11.1 Å². The largest absolute Gasteiger partial charge is 0.488 e. The maximum Gasteiger partial charge on any atom is 0.428 e. The number of ether oxygens (including phenoxy) is 1. The van der Waals surface area contributed by atoms with Gasteiger partial charge in [-0.25, -0.2) is 0 Å². The minimum atomic E-state index is 0.324. The molecule has 0 aliphatic rings. The summed E-state index contributed by atoms with van der Waals surface area (Å²) in [6.07, 6.45) is 0. The molecule has 0 bridgehead atoms. The average molecular weight is 226 g/mol. The van der Waals surface area contributed by atoms with Gasteiger partial charge in [0.15, 0.2) is 4.98 Å². The number of anilines is 1. The quantitative estimate of drug-likeness (QED) is 0.630. The number of nitrogen functional groups attached to an aromatic ring is 1. The highest BCUT2D eigenvalue weighted by Gasteiger charge is 2.20. The van der Waals surface area contributed by atoms with E-state index in [1.165, 1.54) is 7.11 Å². The summed E-state index contributed by atoms with van der Waals surface area (Å²) >= 11 is 0. The number of nitrogens with zero attached hydrogens (tertiary/aromatic N) is 2. The molecule has 17 heavy (non-hydrogen) atoms. The van der Waals surface area contributed by atoms with Crippen molar-refractivity contribution in [2.24, 2.45) is 0 Å². The molecule has 0 heterocycles. The van der Waals surface area contributed by atoms with Crippen LogP contribution in [0.1, 0.15) is 0 Å². The summed E-state index contributed by atoms with van der Waals surface area (Å²) in [7, 11) is 1.50. The normalized spacial score (nSPS) is 9.65. The third kappa shape index (κ3) is 1.91. The van der Waals surface area contributed by atoms with Gasteiger partial charge >= 0.3 is 5.69 Å². The molecule has 0 unspecified atom stereocenters. The topological polar surface area (TPSA) is 63.4 Å². The number of hydrogen-bond acceptors (Lipinski definition) is 3. The molecule has 0 amide bonds. The van der Waals surface area contributed by atoms with Crippen LogP contribution >= 0.6 is 0 Å². The zero-order valence-electron chi connectivity index (χ0n) is 9.42. The highest BCUT2D eigenvalue weighted by Crippen LogP contribution is 2.40. The van der Waals surface area contributed by atoms with E-state index in [0.717, 1.165) is 11.1 Å². The van der Waals surface area contributed by atoms with Crippen LogP contribution in [0, 0.1) is 5.39 Å². The lowest BCUT2D eigenvalue weighted by atomic mass is 10.0. The summed E-state index contributed by atoms with van der Waals surface area (Å²) in [6, 6.07) is 13.2. The van der Waals surface area contributed by atoms with E-state index in [9.17, 15) is 0 Å². The summed E-state index contributed by atoms with van der Waals surface area (Å²) in [4.78, 5) is 3.13. The van der Waals surface area contributed by atoms with Crippen LogP contribution < -0.4 is 10.5 Å². The lowest BCUT2D eigenvalue weighted by Gasteiger charge is -2.07. The maximum atomic E-state index is 8.82. The van der Waals surface area contributed by atoms with Crippen molar-refractivity contribution in [1.29, 1.82) is 5.39 Å². The van der Waals surface area contributed by atoms with E-state index in [1.807, 2.05) is 36.4 Å². The van der Waals surface area contributed by atoms with Gasteiger partial charge in [0, 0.05) is 11.6 Å². The molecule has 2 aromatic carbocycles. The van der Waals surface area contributed by atoms with Gasteiger partial charge in [-0.3, -0.25) is 0 Å². The van der Waals surface area contributed by atoms with Crippen LogP contribution in [0.3, 0.4) is 0 Å². The average Bonchev–Trinajstić information content (AvgIpc) is 2.39. The fraction of sp³-hybridized carbons (Fsp3) is 0.0769. The summed E-state index contributed by atoms with van der Waals surface area (Å²) in [5.41, 5.74) is 8.65. The minimum Gasteiger partial charge on any atom is -0.488 e. The summed E-state index contributed by atoms with van der Waals surface area (Å²) in [5.74, 6) is 0.383. The number of diazo groups is 1. The Balaban J connectivity index is 2.63. The standard InChI is InChI=1S/C13H12N3O/c1-17-13-11(16-15)8-7-10(12(13)14)9-5-3-2-4-6-9/h2-8H,14H2,1H3/q+1. The fourth-order valence-electron chi connectivity index (χ4n) is 1.75. The predicted molar refractivity (Wildman–Crippen MR) is 67.6 cm³/mol. The second-order valence-electron chi connectivity index (χ2n) is 3.55. The van der Waals surface area contributed by atoms with Gasteiger partial charge in [-0.05, 0) is 11.6 Å². The lowest BCUT2D eigenvalue weighted by molar-refractivity contribution is 0.419. The number of rotatable bonds is 2. The zero-order chi connectivity index (χ0) is 12.3. The molecule has 84 valence electrons. The molecule has 2 aromatic rings. The molecule has 2 rings (SSSR count). The molecule has 0 spiro atoms. The van der Waals surface area contributed by atoms with Gasteiger partial charge in [0.05, 0.1) is 12.8 Å². The monoisotopic (exact) mass is 226 g/mol. The van der Waals surface area contributed by atoms with Crippen LogP contribution in [0.5, 0.6) is 5.75 Å². The summed E-state index contributed by atoms with van der Waals surface area (Å²) in [5, 5.41) is 8.82. The Labute approximate surface area is 99.3 Å². The first-order chi connectivity index (χ1) is 8.27. The molecular formula is C13H12N3O+. The van der Waals surface area contributed by atoms with Crippen molar-refractivity contribution >= 4 is 11.4 Å². The zero-order valence-corrected chi connectivity index (χ0v) is 9.42. The Morgan fingerprint density at radius 3 is 2.41 bits per heavy atom. The second kappa shape index (κ2) is 4.54. The Hall–Kier alpha value is -2.54. The molecule has 0 radical (unpaired) electrons. The van der Waals surface area contributed by atoms with Gasteiger partial charge in [-0.15, -0.1) is 0 Å². The SMILES string of the molecule is COc1c([N+]#N)ccc(-c2ccccc2)c1N. The Morgan fingerprint density at radius 2 is 1.82 bits per heavy atom. The van der Waals surface area contributed by atoms with Crippen molar-refractivity contribution in [1.82, 2.24) is 0 Å². The van der Waals surface area contributed by atoms with E-state index in [2.05, 4.69) is 4.98 Å².